The van der Waals surface area contributed by atoms with Gasteiger partial charge in [-0.15, -0.1) is 0 Å². The number of rotatable bonds is 7. The van der Waals surface area contributed by atoms with Gasteiger partial charge in [0.15, 0.2) is 0 Å². The molecule has 8 nitrogen and oxygen atoms in total. The molecule has 1 fully saturated rings. The van der Waals surface area contributed by atoms with Gasteiger partial charge in [-0.3, -0.25) is 14.5 Å². The van der Waals surface area contributed by atoms with Gasteiger partial charge < -0.3 is 10.1 Å². The van der Waals surface area contributed by atoms with Gasteiger partial charge in [-0.05, 0) is 31.0 Å². The standard InChI is InChI=1S/C19H22N4O4/c1-3-19(4-2)17(25)22(18(26)20-19)12-16(24)27-13-14-10-11-23(21-14)15-8-6-5-7-9-15/h5-11H,3-4,12-13H2,1-2H3,(H,20,26). The summed E-state index contributed by atoms with van der Waals surface area (Å²) in [5.41, 5.74) is 0.539. The van der Waals surface area contributed by atoms with Gasteiger partial charge in [0.05, 0.1) is 5.69 Å². The van der Waals surface area contributed by atoms with Crippen LogP contribution in [0.3, 0.4) is 0 Å². The fourth-order valence-corrected chi connectivity index (χ4v) is 3.04. The van der Waals surface area contributed by atoms with Crippen LogP contribution in [-0.4, -0.2) is 44.7 Å². The first-order chi connectivity index (χ1) is 13.0. The molecule has 0 atom stereocenters. The Morgan fingerprint density at radius 1 is 1.15 bits per heavy atom. The number of ether oxygens (including phenoxy) is 1. The number of hydrogen-bond acceptors (Lipinski definition) is 5. The van der Waals surface area contributed by atoms with Crippen molar-refractivity contribution >= 4 is 17.9 Å². The molecular formula is C19H22N4O4. The highest BCUT2D eigenvalue weighted by Gasteiger charge is 2.49. The van der Waals surface area contributed by atoms with E-state index in [9.17, 15) is 14.4 Å². The zero-order valence-electron chi connectivity index (χ0n) is 15.3. The molecule has 0 radical (unpaired) electrons. The lowest BCUT2D eigenvalue weighted by atomic mass is 9.93. The Kier molecular flexibility index (Phi) is 5.25. The maximum Gasteiger partial charge on any atom is 0.326 e. The number of urea groups is 1. The van der Waals surface area contributed by atoms with Crippen LogP contribution >= 0.6 is 0 Å². The van der Waals surface area contributed by atoms with E-state index in [4.69, 9.17) is 4.74 Å². The Morgan fingerprint density at radius 2 is 1.85 bits per heavy atom. The Labute approximate surface area is 157 Å². The van der Waals surface area contributed by atoms with E-state index in [1.165, 1.54) is 0 Å². The molecule has 1 N–H and O–H groups in total. The van der Waals surface area contributed by atoms with Crippen LogP contribution in [0.25, 0.3) is 5.69 Å². The lowest BCUT2D eigenvalue weighted by molar-refractivity contribution is -0.149. The highest BCUT2D eigenvalue weighted by Crippen LogP contribution is 2.24. The van der Waals surface area contributed by atoms with Crippen LogP contribution in [0.5, 0.6) is 0 Å². The number of nitrogens with zero attached hydrogens (tertiary/aromatic N) is 3. The van der Waals surface area contributed by atoms with Crippen LogP contribution in [0.1, 0.15) is 32.4 Å². The second-order valence-corrected chi connectivity index (χ2v) is 6.36. The van der Waals surface area contributed by atoms with Crippen molar-refractivity contribution in [2.45, 2.75) is 38.8 Å². The zero-order chi connectivity index (χ0) is 19.4. The van der Waals surface area contributed by atoms with E-state index in [0.717, 1.165) is 10.6 Å². The van der Waals surface area contributed by atoms with Crippen molar-refractivity contribution in [3.8, 4) is 5.69 Å². The molecule has 1 saturated heterocycles. The molecule has 0 unspecified atom stereocenters. The Balaban J connectivity index is 1.57. The van der Waals surface area contributed by atoms with E-state index in [1.807, 2.05) is 44.2 Å². The first-order valence-electron chi connectivity index (χ1n) is 8.89. The Bertz CT molecular complexity index is 842. The van der Waals surface area contributed by atoms with Crippen LogP contribution < -0.4 is 5.32 Å². The van der Waals surface area contributed by atoms with Crippen molar-refractivity contribution in [3.63, 3.8) is 0 Å². The molecule has 3 amide bonds. The van der Waals surface area contributed by atoms with E-state index in [1.54, 1.807) is 16.9 Å². The van der Waals surface area contributed by atoms with Crippen molar-refractivity contribution in [1.82, 2.24) is 20.0 Å². The highest BCUT2D eigenvalue weighted by atomic mass is 16.5. The second-order valence-electron chi connectivity index (χ2n) is 6.36. The maximum atomic E-state index is 12.5. The number of imide groups is 1. The molecule has 0 spiro atoms. The van der Waals surface area contributed by atoms with Gasteiger partial charge in [0.25, 0.3) is 5.91 Å². The number of para-hydroxylation sites is 1. The van der Waals surface area contributed by atoms with Gasteiger partial charge in [-0.1, -0.05) is 32.0 Å². The van der Waals surface area contributed by atoms with Gasteiger partial charge >= 0.3 is 12.0 Å². The summed E-state index contributed by atoms with van der Waals surface area (Å²) in [6, 6.07) is 10.7. The summed E-state index contributed by atoms with van der Waals surface area (Å²) in [7, 11) is 0. The lowest BCUT2D eigenvalue weighted by Crippen LogP contribution is -2.46. The molecule has 1 aromatic heterocycles. The molecule has 2 aromatic rings. The summed E-state index contributed by atoms with van der Waals surface area (Å²) in [5, 5.41) is 7.02. The minimum atomic E-state index is -0.925. The van der Waals surface area contributed by atoms with Gasteiger partial charge in [0.2, 0.25) is 0 Å². The van der Waals surface area contributed by atoms with Crippen LogP contribution in [0.4, 0.5) is 4.79 Å². The third-order valence-corrected chi connectivity index (χ3v) is 4.79. The smallest absolute Gasteiger partial charge is 0.326 e. The number of carbonyl (C=O) groups excluding carboxylic acids is 3. The van der Waals surface area contributed by atoms with Crippen molar-refractivity contribution in [1.29, 1.82) is 0 Å². The van der Waals surface area contributed by atoms with Crippen LogP contribution in [-0.2, 0) is 20.9 Å². The number of amides is 3. The van der Waals surface area contributed by atoms with E-state index >= 15 is 0 Å². The lowest BCUT2D eigenvalue weighted by Gasteiger charge is -2.22. The third kappa shape index (κ3) is 3.69. The predicted molar refractivity (Wildman–Crippen MR) is 96.9 cm³/mol. The fraction of sp³-hybridized carbons (Fsp3) is 0.368. The number of hydrogen-bond donors (Lipinski definition) is 1. The van der Waals surface area contributed by atoms with Crippen LogP contribution in [0, 0.1) is 0 Å². The fourth-order valence-electron chi connectivity index (χ4n) is 3.04. The van der Waals surface area contributed by atoms with Crippen molar-refractivity contribution in [2.75, 3.05) is 6.54 Å². The topological polar surface area (TPSA) is 93.5 Å². The zero-order valence-corrected chi connectivity index (χ0v) is 15.3. The average molecular weight is 370 g/mol. The number of carbonyl (C=O) groups is 3. The quantitative estimate of drug-likeness (QED) is 0.594. The molecule has 1 aromatic carbocycles. The summed E-state index contributed by atoms with van der Waals surface area (Å²) in [4.78, 5) is 37.6. The molecule has 3 rings (SSSR count). The molecule has 0 aliphatic carbocycles. The van der Waals surface area contributed by atoms with Crippen LogP contribution in [0.2, 0.25) is 0 Å². The summed E-state index contributed by atoms with van der Waals surface area (Å²) in [6.07, 6.45) is 2.71. The second kappa shape index (κ2) is 7.61. The first-order valence-corrected chi connectivity index (χ1v) is 8.89. The molecule has 142 valence electrons. The molecule has 2 heterocycles. The number of esters is 1. The Morgan fingerprint density at radius 3 is 2.48 bits per heavy atom. The molecule has 1 aliphatic rings. The minimum absolute atomic E-state index is 0.0327. The highest BCUT2D eigenvalue weighted by molar-refractivity contribution is 6.08. The molecule has 0 saturated carbocycles. The van der Waals surface area contributed by atoms with Crippen molar-refractivity contribution in [3.05, 3.63) is 48.3 Å². The molecule has 27 heavy (non-hydrogen) atoms. The SMILES string of the molecule is CCC1(CC)NC(=O)N(CC(=O)OCc2ccn(-c3ccccc3)n2)C1=O. The number of benzene rings is 1. The normalized spacial score (nSPS) is 15.7. The van der Waals surface area contributed by atoms with E-state index in [-0.39, 0.29) is 12.5 Å². The summed E-state index contributed by atoms with van der Waals surface area (Å²) in [6.45, 7) is 3.21. The summed E-state index contributed by atoms with van der Waals surface area (Å²) >= 11 is 0. The van der Waals surface area contributed by atoms with Crippen LogP contribution in [0.15, 0.2) is 42.6 Å². The van der Waals surface area contributed by atoms with E-state index < -0.39 is 24.1 Å². The predicted octanol–water partition coefficient (Wildman–Crippen LogP) is 2.03. The number of aromatic nitrogens is 2. The minimum Gasteiger partial charge on any atom is -0.458 e. The molecule has 0 bridgehead atoms. The largest absolute Gasteiger partial charge is 0.458 e. The van der Waals surface area contributed by atoms with Gasteiger partial charge in [-0.25, -0.2) is 9.48 Å². The summed E-state index contributed by atoms with van der Waals surface area (Å²) < 4.78 is 6.86. The van der Waals surface area contributed by atoms with E-state index in [0.29, 0.717) is 18.5 Å². The van der Waals surface area contributed by atoms with Gasteiger partial charge in [0.1, 0.15) is 24.4 Å². The summed E-state index contributed by atoms with van der Waals surface area (Å²) in [5.74, 6) is -1.04. The van der Waals surface area contributed by atoms with Gasteiger partial charge in [-0.2, -0.15) is 5.10 Å². The molecule has 1 aliphatic heterocycles. The third-order valence-electron chi connectivity index (χ3n) is 4.79. The van der Waals surface area contributed by atoms with Gasteiger partial charge in [0, 0.05) is 6.20 Å². The monoisotopic (exact) mass is 370 g/mol. The van der Waals surface area contributed by atoms with E-state index in [2.05, 4.69) is 10.4 Å². The maximum absolute atomic E-state index is 12.5. The number of nitrogens with one attached hydrogen (secondary N) is 1. The average Bonchev–Trinajstić information content (AvgIpc) is 3.26. The van der Waals surface area contributed by atoms with Crippen molar-refractivity contribution in [2.24, 2.45) is 0 Å². The Hall–Kier alpha value is -3.16. The molecule has 8 heteroatoms. The first kappa shape index (κ1) is 18.6. The molecular weight excluding hydrogens is 348 g/mol. The van der Waals surface area contributed by atoms with Crippen molar-refractivity contribution < 1.29 is 19.1 Å².